The predicted octanol–water partition coefficient (Wildman–Crippen LogP) is 5.87. The van der Waals surface area contributed by atoms with Gasteiger partial charge in [-0.05, 0) is 59.9 Å². The molecule has 3 aromatic carbocycles. The van der Waals surface area contributed by atoms with Gasteiger partial charge in [0.25, 0.3) is 0 Å². The fraction of sp³-hybridized carbons (Fsp3) is 0.120. The molecule has 0 radical (unpaired) electrons. The van der Waals surface area contributed by atoms with E-state index in [4.69, 9.17) is 56.1 Å². The molecule has 9 heteroatoms. The number of fused-ring (bicyclic) bond motifs is 1. The van der Waals surface area contributed by atoms with Gasteiger partial charge in [0.2, 0.25) is 7.41 Å². The normalized spacial score (nSPS) is 11.9. The third-order valence-electron chi connectivity index (χ3n) is 5.48. The standard InChI is InChI=1S/C25H19BCl4N2O2/c1-34-25(33)22(32-26-24-18(29)6-3-7-19(24)30)13-14-8-10-20-15(12-14)9-11-21(31-20)23-16(27)4-2-5-17(23)28/h2-12,22,26,32H,13H2,1H3. The monoisotopic (exact) mass is 530 g/mol. The van der Waals surface area contributed by atoms with Crippen LogP contribution in [0.2, 0.25) is 20.1 Å². The van der Waals surface area contributed by atoms with Crippen LogP contribution in [-0.4, -0.2) is 31.5 Å². The minimum absolute atomic E-state index is 0.329. The van der Waals surface area contributed by atoms with Crippen LogP contribution < -0.4 is 10.7 Å². The maximum Gasteiger partial charge on any atom is 0.322 e. The molecule has 0 aliphatic rings. The summed E-state index contributed by atoms with van der Waals surface area (Å²) >= 11 is 25.2. The molecule has 1 N–H and O–H groups in total. The van der Waals surface area contributed by atoms with E-state index in [-0.39, 0.29) is 5.97 Å². The first-order chi connectivity index (χ1) is 16.4. The lowest BCUT2D eigenvalue weighted by Crippen LogP contribution is -2.45. The van der Waals surface area contributed by atoms with E-state index in [1.54, 1.807) is 36.4 Å². The molecule has 4 nitrogen and oxygen atoms in total. The molecule has 0 bridgehead atoms. The summed E-state index contributed by atoms with van der Waals surface area (Å²) in [6, 6.07) is 19.8. The first-order valence-corrected chi connectivity index (χ1v) is 12.0. The number of carbonyl (C=O) groups is 1. The highest BCUT2D eigenvalue weighted by Crippen LogP contribution is 2.34. The SMILES string of the molecule is COC(=O)C(Cc1ccc2nc(-c3c(Cl)cccc3Cl)ccc2c1)NBc1c(Cl)cccc1Cl. The highest BCUT2D eigenvalue weighted by atomic mass is 35.5. The van der Waals surface area contributed by atoms with Gasteiger partial charge in [-0.15, -0.1) is 0 Å². The molecule has 4 rings (SSSR count). The average Bonchev–Trinajstić information content (AvgIpc) is 2.82. The topological polar surface area (TPSA) is 51.2 Å². The second-order valence-corrected chi connectivity index (χ2v) is 9.31. The Morgan fingerprint density at radius 3 is 2.24 bits per heavy atom. The van der Waals surface area contributed by atoms with Gasteiger partial charge in [-0.3, -0.25) is 4.79 Å². The third-order valence-corrected chi connectivity index (χ3v) is 6.82. The van der Waals surface area contributed by atoms with E-state index < -0.39 is 6.04 Å². The van der Waals surface area contributed by atoms with Crippen LogP contribution in [0.4, 0.5) is 0 Å². The van der Waals surface area contributed by atoms with Crippen LogP contribution in [0.15, 0.2) is 66.7 Å². The largest absolute Gasteiger partial charge is 0.468 e. The Morgan fingerprint density at radius 2 is 1.59 bits per heavy atom. The number of pyridine rings is 1. The first kappa shape index (κ1) is 24.8. The summed E-state index contributed by atoms with van der Waals surface area (Å²) in [6.45, 7) is 0. The number of benzene rings is 3. The molecule has 0 amide bonds. The van der Waals surface area contributed by atoms with Gasteiger partial charge >= 0.3 is 5.97 Å². The Balaban J connectivity index is 1.57. The van der Waals surface area contributed by atoms with E-state index in [1.165, 1.54) is 7.11 Å². The van der Waals surface area contributed by atoms with E-state index in [2.05, 4.69) is 5.23 Å². The molecule has 1 unspecified atom stereocenters. The minimum Gasteiger partial charge on any atom is -0.468 e. The maximum absolute atomic E-state index is 12.4. The number of ether oxygens (including phenoxy) is 1. The lowest BCUT2D eigenvalue weighted by Gasteiger charge is -2.17. The van der Waals surface area contributed by atoms with Crippen LogP contribution in [0.3, 0.4) is 0 Å². The van der Waals surface area contributed by atoms with Crippen LogP contribution in [0.25, 0.3) is 22.2 Å². The molecule has 0 saturated carbocycles. The van der Waals surface area contributed by atoms with Crippen molar-refractivity contribution < 1.29 is 9.53 Å². The summed E-state index contributed by atoms with van der Waals surface area (Å²) in [7, 11) is 1.69. The molecule has 0 saturated heterocycles. The second kappa shape index (κ2) is 11.0. The zero-order chi connectivity index (χ0) is 24.2. The number of methoxy groups -OCH3 is 1. The van der Waals surface area contributed by atoms with Crippen molar-refractivity contribution in [2.75, 3.05) is 7.11 Å². The molecule has 1 atom stereocenters. The summed E-state index contributed by atoms with van der Waals surface area (Å²) in [6.07, 6.45) is 0.419. The number of nitrogens with zero attached hydrogens (tertiary/aromatic N) is 1. The van der Waals surface area contributed by atoms with Crippen LogP contribution in [0.1, 0.15) is 5.56 Å². The van der Waals surface area contributed by atoms with Gasteiger partial charge in [-0.2, -0.15) is 0 Å². The Labute approximate surface area is 218 Å². The minimum atomic E-state index is -0.580. The van der Waals surface area contributed by atoms with Crippen LogP contribution in [-0.2, 0) is 16.0 Å². The zero-order valence-corrected chi connectivity index (χ0v) is 21.1. The van der Waals surface area contributed by atoms with Gasteiger partial charge in [0, 0.05) is 21.0 Å². The van der Waals surface area contributed by atoms with Gasteiger partial charge in [0.1, 0.15) is 6.04 Å². The summed E-state index contributed by atoms with van der Waals surface area (Å²) in [5, 5.41) is 6.31. The van der Waals surface area contributed by atoms with Gasteiger partial charge < -0.3 is 9.96 Å². The van der Waals surface area contributed by atoms with Gasteiger partial charge in [-0.1, -0.05) is 70.7 Å². The Morgan fingerprint density at radius 1 is 0.941 bits per heavy atom. The Bertz CT molecular complexity index is 1330. The fourth-order valence-corrected chi connectivity index (χ4v) is 4.85. The van der Waals surface area contributed by atoms with Crippen LogP contribution in [0, 0.1) is 0 Å². The molecular formula is C25H19BCl4N2O2. The number of nitrogens with one attached hydrogen (secondary N) is 1. The zero-order valence-electron chi connectivity index (χ0n) is 18.1. The van der Waals surface area contributed by atoms with Crippen molar-refractivity contribution in [2.45, 2.75) is 12.5 Å². The van der Waals surface area contributed by atoms with Crippen molar-refractivity contribution in [3.05, 3.63) is 92.4 Å². The van der Waals surface area contributed by atoms with E-state index in [0.29, 0.717) is 45.2 Å². The predicted molar refractivity (Wildman–Crippen MR) is 143 cm³/mol. The highest BCUT2D eigenvalue weighted by Gasteiger charge is 2.21. The van der Waals surface area contributed by atoms with Crippen molar-refractivity contribution >= 4 is 76.2 Å². The number of hydrogen-bond donors (Lipinski definition) is 1. The number of rotatable bonds is 7. The maximum atomic E-state index is 12.4. The van der Waals surface area contributed by atoms with Crippen molar-refractivity contribution in [1.82, 2.24) is 10.2 Å². The fourth-order valence-electron chi connectivity index (χ4n) is 3.73. The molecule has 4 aromatic rings. The van der Waals surface area contributed by atoms with Crippen molar-refractivity contribution in [2.24, 2.45) is 0 Å². The highest BCUT2D eigenvalue weighted by molar-refractivity contribution is 6.61. The molecule has 0 spiro atoms. The lowest BCUT2D eigenvalue weighted by atomic mass is 9.81. The molecule has 172 valence electrons. The summed E-state index contributed by atoms with van der Waals surface area (Å²) < 4.78 is 5.00. The van der Waals surface area contributed by atoms with Crippen molar-refractivity contribution in [1.29, 1.82) is 0 Å². The summed E-state index contributed by atoms with van der Waals surface area (Å²) in [5.74, 6) is -0.370. The number of aromatic nitrogens is 1. The summed E-state index contributed by atoms with van der Waals surface area (Å²) in [5.41, 5.74) is 3.87. The van der Waals surface area contributed by atoms with E-state index in [1.807, 2.05) is 30.3 Å². The molecule has 34 heavy (non-hydrogen) atoms. The van der Waals surface area contributed by atoms with E-state index in [0.717, 1.165) is 21.9 Å². The molecule has 1 heterocycles. The summed E-state index contributed by atoms with van der Waals surface area (Å²) in [4.78, 5) is 17.2. The van der Waals surface area contributed by atoms with Gasteiger partial charge in [0.05, 0.1) is 28.4 Å². The Kier molecular flexibility index (Phi) is 8.02. The Hall–Kier alpha value is -2.28. The van der Waals surface area contributed by atoms with Crippen molar-refractivity contribution in [3.8, 4) is 11.3 Å². The molecular weight excluding hydrogens is 513 g/mol. The molecule has 0 aliphatic heterocycles. The quantitative estimate of drug-likeness (QED) is 0.239. The molecule has 0 aliphatic carbocycles. The number of carbonyl (C=O) groups excluding carboxylic acids is 1. The lowest BCUT2D eigenvalue weighted by molar-refractivity contribution is -0.142. The molecule has 1 aromatic heterocycles. The van der Waals surface area contributed by atoms with Gasteiger partial charge in [0.15, 0.2) is 0 Å². The van der Waals surface area contributed by atoms with E-state index in [9.17, 15) is 4.79 Å². The van der Waals surface area contributed by atoms with Crippen LogP contribution in [0.5, 0.6) is 0 Å². The average molecular weight is 532 g/mol. The van der Waals surface area contributed by atoms with Crippen LogP contribution >= 0.6 is 46.4 Å². The van der Waals surface area contributed by atoms with Gasteiger partial charge in [-0.25, -0.2) is 4.98 Å². The third kappa shape index (κ3) is 5.51. The molecule has 0 fully saturated rings. The number of esters is 1. The van der Waals surface area contributed by atoms with E-state index >= 15 is 0 Å². The smallest absolute Gasteiger partial charge is 0.322 e. The van der Waals surface area contributed by atoms with Crippen molar-refractivity contribution in [3.63, 3.8) is 0 Å². The number of hydrogen-bond acceptors (Lipinski definition) is 4. The number of halogens is 4. The first-order valence-electron chi connectivity index (χ1n) is 10.5. The second-order valence-electron chi connectivity index (χ2n) is 7.68.